The van der Waals surface area contributed by atoms with Crippen LogP contribution in [-0.4, -0.2) is 5.38 Å². The Kier molecular flexibility index (Phi) is 3.32. The minimum absolute atomic E-state index is 0.0289. The minimum atomic E-state index is -0.181. The lowest BCUT2D eigenvalue weighted by Crippen LogP contribution is -2.05. The van der Waals surface area contributed by atoms with E-state index in [4.69, 9.17) is 11.6 Å². The zero-order valence-corrected chi connectivity index (χ0v) is 8.90. The lowest BCUT2D eigenvalue weighted by atomic mass is 9.97. The van der Waals surface area contributed by atoms with Gasteiger partial charge in [0.2, 0.25) is 0 Å². The molecule has 1 aromatic carbocycles. The molecule has 0 fully saturated rings. The minimum Gasteiger partial charge on any atom is -0.207 e. The molecule has 2 atom stereocenters. The van der Waals surface area contributed by atoms with Crippen molar-refractivity contribution >= 4 is 11.6 Å². The summed E-state index contributed by atoms with van der Waals surface area (Å²) in [7, 11) is 0. The van der Waals surface area contributed by atoms with E-state index in [-0.39, 0.29) is 17.1 Å². The number of halogens is 2. The standard InChI is InChI=1S/C11H14ClF/c1-7-4-10(6-11(13)5-7)8(2)9(3)12/h4-6,8-9H,1-3H3/t8?,9-/m0/s1. The number of hydrogen-bond donors (Lipinski definition) is 0. The first-order valence-electron chi connectivity index (χ1n) is 4.42. The van der Waals surface area contributed by atoms with Crippen LogP contribution in [0.2, 0.25) is 0 Å². The second-order valence-corrected chi connectivity index (χ2v) is 4.22. The molecule has 0 saturated heterocycles. The predicted octanol–water partition coefficient (Wildman–Crippen LogP) is 3.86. The molecular formula is C11H14ClF. The van der Waals surface area contributed by atoms with Crippen LogP contribution in [0.1, 0.15) is 30.9 Å². The van der Waals surface area contributed by atoms with Gasteiger partial charge in [-0.1, -0.05) is 13.0 Å². The summed E-state index contributed by atoms with van der Waals surface area (Å²) in [6, 6.07) is 5.05. The van der Waals surface area contributed by atoms with Crippen LogP contribution in [0.3, 0.4) is 0 Å². The second kappa shape index (κ2) is 4.10. The van der Waals surface area contributed by atoms with E-state index in [0.29, 0.717) is 0 Å². The third-order valence-electron chi connectivity index (χ3n) is 2.28. The molecule has 0 saturated carbocycles. The molecule has 0 amide bonds. The Morgan fingerprint density at radius 1 is 1.23 bits per heavy atom. The highest BCUT2D eigenvalue weighted by Gasteiger charge is 2.12. The van der Waals surface area contributed by atoms with Crippen LogP contribution in [0.5, 0.6) is 0 Å². The molecule has 72 valence electrons. The van der Waals surface area contributed by atoms with Gasteiger partial charge in [0, 0.05) is 5.38 Å². The molecule has 0 aliphatic rings. The fraction of sp³-hybridized carbons (Fsp3) is 0.455. The molecule has 0 nitrogen and oxygen atoms in total. The molecule has 0 heterocycles. The van der Waals surface area contributed by atoms with Gasteiger partial charge in [-0.3, -0.25) is 0 Å². The number of benzene rings is 1. The summed E-state index contributed by atoms with van der Waals surface area (Å²) < 4.78 is 13.0. The second-order valence-electron chi connectivity index (χ2n) is 3.53. The normalized spacial score (nSPS) is 15.5. The summed E-state index contributed by atoms with van der Waals surface area (Å²) in [5.74, 6) is 0.00948. The Hall–Kier alpha value is -0.560. The quantitative estimate of drug-likeness (QED) is 0.636. The highest BCUT2D eigenvalue weighted by Crippen LogP contribution is 2.24. The van der Waals surface area contributed by atoms with E-state index >= 15 is 0 Å². The van der Waals surface area contributed by atoms with Gasteiger partial charge in [-0.05, 0) is 43.0 Å². The molecule has 0 aliphatic carbocycles. The van der Waals surface area contributed by atoms with Gasteiger partial charge in [0.05, 0.1) is 0 Å². The average Bonchev–Trinajstić information content (AvgIpc) is 2.01. The van der Waals surface area contributed by atoms with E-state index in [2.05, 4.69) is 0 Å². The van der Waals surface area contributed by atoms with Crippen molar-refractivity contribution in [3.63, 3.8) is 0 Å². The third-order valence-corrected chi connectivity index (χ3v) is 2.66. The summed E-state index contributed by atoms with van der Waals surface area (Å²) in [5, 5.41) is 0.0289. The van der Waals surface area contributed by atoms with Crippen molar-refractivity contribution in [1.82, 2.24) is 0 Å². The van der Waals surface area contributed by atoms with Crippen molar-refractivity contribution in [2.24, 2.45) is 0 Å². The molecule has 13 heavy (non-hydrogen) atoms. The first-order chi connectivity index (χ1) is 6.00. The molecule has 1 aromatic rings. The summed E-state index contributed by atoms with van der Waals surface area (Å²) in [5.41, 5.74) is 1.92. The molecule has 1 rings (SSSR count). The highest BCUT2D eigenvalue weighted by molar-refractivity contribution is 6.20. The van der Waals surface area contributed by atoms with Gasteiger partial charge in [0.1, 0.15) is 5.82 Å². The number of rotatable bonds is 2. The van der Waals surface area contributed by atoms with Crippen LogP contribution in [0.4, 0.5) is 4.39 Å². The van der Waals surface area contributed by atoms with Gasteiger partial charge in [-0.2, -0.15) is 0 Å². The van der Waals surface area contributed by atoms with Gasteiger partial charge in [0.25, 0.3) is 0 Å². The molecule has 0 spiro atoms. The van der Waals surface area contributed by atoms with Crippen LogP contribution in [-0.2, 0) is 0 Å². The van der Waals surface area contributed by atoms with Crippen molar-refractivity contribution in [1.29, 1.82) is 0 Å². The zero-order chi connectivity index (χ0) is 10.0. The van der Waals surface area contributed by atoms with Crippen molar-refractivity contribution in [2.75, 3.05) is 0 Å². The Morgan fingerprint density at radius 3 is 2.31 bits per heavy atom. The Morgan fingerprint density at radius 2 is 1.85 bits per heavy atom. The fourth-order valence-corrected chi connectivity index (χ4v) is 1.44. The van der Waals surface area contributed by atoms with Crippen molar-refractivity contribution in [2.45, 2.75) is 32.1 Å². The fourth-order valence-electron chi connectivity index (χ4n) is 1.29. The van der Waals surface area contributed by atoms with E-state index < -0.39 is 0 Å². The average molecular weight is 201 g/mol. The predicted molar refractivity (Wildman–Crippen MR) is 54.9 cm³/mol. The molecular weight excluding hydrogens is 187 g/mol. The van der Waals surface area contributed by atoms with E-state index in [0.717, 1.165) is 11.1 Å². The summed E-state index contributed by atoms with van der Waals surface area (Å²) >= 11 is 5.94. The Balaban J connectivity index is 3.01. The molecule has 0 bridgehead atoms. The van der Waals surface area contributed by atoms with Crippen LogP contribution < -0.4 is 0 Å². The van der Waals surface area contributed by atoms with E-state index in [1.807, 2.05) is 26.8 Å². The molecule has 0 aromatic heterocycles. The third kappa shape index (κ3) is 2.70. The maximum absolute atomic E-state index is 13.0. The first-order valence-corrected chi connectivity index (χ1v) is 4.85. The smallest absolute Gasteiger partial charge is 0.123 e. The van der Waals surface area contributed by atoms with E-state index in [1.54, 1.807) is 6.07 Å². The van der Waals surface area contributed by atoms with Gasteiger partial charge in [-0.25, -0.2) is 4.39 Å². The van der Waals surface area contributed by atoms with Gasteiger partial charge < -0.3 is 0 Å². The van der Waals surface area contributed by atoms with Crippen molar-refractivity contribution < 1.29 is 4.39 Å². The largest absolute Gasteiger partial charge is 0.207 e. The molecule has 0 N–H and O–H groups in total. The van der Waals surface area contributed by atoms with Crippen molar-refractivity contribution in [3.8, 4) is 0 Å². The van der Waals surface area contributed by atoms with Crippen molar-refractivity contribution in [3.05, 3.63) is 35.1 Å². The summed E-state index contributed by atoms with van der Waals surface area (Å²) in [6.07, 6.45) is 0. The SMILES string of the molecule is Cc1cc(F)cc(C(C)[C@H](C)Cl)c1. The number of alkyl halides is 1. The summed E-state index contributed by atoms with van der Waals surface area (Å²) in [6.45, 7) is 5.82. The summed E-state index contributed by atoms with van der Waals surface area (Å²) in [4.78, 5) is 0. The maximum Gasteiger partial charge on any atom is 0.123 e. The monoisotopic (exact) mass is 200 g/mol. The maximum atomic E-state index is 13.0. The zero-order valence-electron chi connectivity index (χ0n) is 8.14. The highest BCUT2D eigenvalue weighted by atomic mass is 35.5. The van der Waals surface area contributed by atoms with Gasteiger partial charge in [0.15, 0.2) is 0 Å². The topological polar surface area (TPSA) is 0 Å². The van der Waals surface area contributed by atoms with Gasteiger partial charge in [-0.15, -0.1) is 11.6 Å². The Labute approximate surface area is 83.7 Å². The van der Waals surface area contributed by atoms with Gasteiger partial charge >= 0.3 is 0 Å². The van der Waals surface area contributed by atoms with Crippen LogP contribution >= 0.6 is 11.6 Å². The lowest BCUT2D eigenvalue weighted by molar-refractivity contribution is 0.619. The van der Waals surface area contributed by atoms with Crippen LogP contribution in [0, 0.1) is 12.7 Å². The van der Waals surface area contributed by atoms with Crippen LogP contribution in [0.25, 0.3) is 0 Å². The number of aryl methyl sites for hydroxylation is 1. The lowest BCUT2D eigenvalue weighted by Gasteiger charge is -2.14. The molecule has 0 radical (unpaired) electrons. The molecule has 0 aliphatic heterocycles. The van der Waals surface area contributed by atoms with Crippen LogP contribution in [0.15, 0.2) is 18.2 Å². The Bertz CT molecular complexity index is 274. The first kappa shape index (κ1) is 10.5. The molecule has 1 unspecified atom stereocenters. The van der Waals surface area contributed by atoms with E-state index in [9.17, 15) is 4.39 Å². The van der Waals surface area contributed by atoms with E-state index in [1.165, 1.54) is 6.07 Å². The molecule has 2 heteroatoms. The number of hydrogen-bond acceptors (Lipinski definition) is 0.